The van der Waals surface area contributed by atoms with Gasteiger partial charge in [-0.1, -0.05) is 26.0 Å². The Morgan fingerprint density at radius 1 is 1.23 bits per heavy atom. The molecule has 2 rings (SSSR count). The monoisotopic (exact) mass is 372 g/mol. The number of nitrogens with zero attached hydrogens (tertiary/aromatic N) is 2. The number of benzene rings is 1. The van der Waals surface area contributed by atoms with Gasteiger partial charge >= 0.3 is 5.97 Å². The molecule has 1 heterocycles. The number of aliphatic carboxylic acids is 1. The lowest BCUT2D eigenvalue weighted by molar-refractivity contribution is -0.130. The van der Waals surface area contributed by atoms with E-state index in [-0.39, 0.29) is 11.5 Å². The highest BCUT2D eigenvalue weighted by atomic mass is 32.2. The molecule has 26 heavy (non-hydrogen) atoms. The Bertz CT molecular complexity index is 860. The third-order valence-corrected chi connectivity index (χ3v) is 4.57. The van der Waals surface area contributed by atoms with Crippen molar-refractivity contribution in [3.8, 4) is 11.6 Å². The van der Waals surface area contributed by atoms with E-state index in [9.17, 15) is 9.90 Å². The summed E-state index contributed by atoms with van der Waals surface area (Å²) < 4.78 is 6.07. The van der Waals surface area contributed by atoms with Gasteiger partial charge in [-0.25, -0.2) is 9.78 Å². The lowest BCUT2D eigenvalue weighted by Gasteiger charge is -2.16. The van der Waals surface area contributed by atoms with Gasteiger partial charge in [-0.15, -0.1) is 11.8 Å². The molecule has 0 saturated heterocycles. The summed E-state index contributed by atoms with van der Waals surface area (Å²) in [4.78, 5) is 20.5. The number of carboxylic acids is 1. The van der Waals surface area contributed by atoms with Crippen LogP contribution < -0.4 is 4.74 Å². The molecule has 0 fully saturated rings. The van der Waals surface area contributed by atoms with Crippen molar-refractivity contribution in [1.29, 1.82) is 0 Å². The second kappa shape index (κ2) is 8.36. The number of ether oxygens (including phenoxy) is 1. The van der Waals surface area contributed by atoms with Crippen molar-refractivity contribution < 1.29 is 14.6 Å². The van der Waals surface area contributed by atoms with Crippen molar-refractivity contribution in [3.05, 3.63) is 46.8 Å². The minimum Gasteiger partial charge on any atom is -0.478 e. The smallest absolute Gasteiger partial charge is 0.336 e. The van der Waals surface area contributed by atoms with Crippen LogP contribution in [0.5, 0.6) is 11.6 Å². The Morgan fingerprint density at radius 3 is 2.46 bits per heavy atom. The highest BCUT2D eigenvalue weighted by Gasteiger charge is 2.23. The van der Waals surface area contributed by atoms with Crippen LogP contribution >= 0.6 is 11.8 Å². The van der Waals surface area contributed by atoms with E-state index in [1.807, 2.05) is 25.3 Å². The van der Waals surface area contributed by atoms with Crippen LogP contribution in [0, 0.1) is 13.8 Å². The number of thioether (sulfide) groups is 1. The summed E-state index contributed by atoms with van der Waals surface area (Å²) in [6.07, 6.45) is 3.40. The molecule has 1 aromatic carbocycles. The van der Waals surface area contributed by atoms with Crippen LogP contribution in [-0.4, -0.2) is 27.3 Å². The fourth-order valence-corrected chi connectivity index (χ4v) is 3.25. The second-order valence-corrected chi connectivity index (χ2v) is 7.10. The quantitative estimate of drug-likeness (QED) is 0.426. The number of carboxylic acid groups (broad SMARTS) is 1. The highest BCUT2D eigenvalue weighted by molar-refractivity contribution is 7.98. The van der Waals surface area contributed by atoms with Crippen molar-refractivity contribution in [1.82, 2.24) is 9.97 Å². The zero-order valence-corrected chi connectivity index (χ0v) is 16.8. The van der Waals surface area contributed by atoms with Crippen LogP contribution in [0.2, 0.25) is 0 Å². The lowest BCUT2D eigenvalue weighted by atomic mass is 10.0. The van der Waals surface area contributed by atoms with Gasteiger partial charge in [0.05, 0.1) is 11.1 Å². The first-order valence-corrected chi connectivity index (χ1v) is 9.61. The van der Waals surface area contributed by atoms with Crippen LogP contribution in [0.3, 0.4) is 0 Å². The summed E-state index contributed by atoms with van der Waals surface area (Å²) in [6.45, 7) is 9.69. The van der Waals surface area contributed by atoms with Crippen molar-refractivity contribution in [3.63, 3.8) is 0 Å². The average Bonchev–Trinajstić information content (AvgIpc) is 2.56. The third-order valence-electron chi connectivity index (χ3n) is 3.89. The fraction of sp³-hybridized carbons (Fsp3) is 0.350. The highest BCUT2D eigenvalue weighted by Crippen LogP contribution is 2.36. The van der Waals surface area contributed by atoms with E-state index in [0.717, 1.165) is 11.1 Å². The van der Waals surface area contributed by atoms with Crippen LogP contribution in [0.1, 0.15) is 49.2 Å². The Kier molecular flexibility index (Phi) is 6.42. The molecule has 5 nitrogen and oxygen atoms in total. The Hall–Kier alpha value is -2.34. The summed E-state index contributed by atoms with van der Waals surface area (Å²) >= 11 is 1.37. The maximum absolute atomic E-state index is 11.7. The van der Waals surface area contributed by atoms with Gasteiger partial charge in [-0.2, -0.15) is 4.98 Å². The van der Waals surface area contributed by atoms with E-state index in [4.69, 9.17) is 4.74 Å². The van der Waals surface area contributed by atoms with Gasteiger partial charge < -0.3 is 9.84 Å². The van der Waals surface area contributed by atoms with E-state index in [1.54, 1.807) is 19.9 Å². The predicted molar refractivity (Wildman–Crippen MR) is 105 cm³/mol. The molecule has 2 aromatic rings. The number of rotatable bonds is 6. The summed E-state index contributed by atoms with van der Waals surface area (Å²) in [6, 6.07) is 6.00. The molecule has 0 aliphatic heterocycles. The zero-order chi connectivity index (χ0) is 19.4. The first-order valence-electron chi connectivity index (χ1n) is 8.38. The Morgan fingerprint density at radius 2 is 1.92 bits per heavy atom. The predicted octanol–water partition coefficient (Wildman–Crippen LogP) is 5.22. The number of aromatic nitrogens is 2. The largest absolute Gasteiger partial charge is 0.478 e. The first kappa shape index (κ1) is 20.0. The Labute approximate surface area is 158 Å². The van der Waals surface area contributed by atoms with Crippen molar-refractivity contribution >= 4 is 23.3 Å². The molecule has 1 aromatic heterocycles. The van der Waals surface area contributed by atoms with Gasteiger partial charge in [0, 0.05) is 0 Å². The maximum Gasteiger partial charge on any atom is 0.336 e. The molecule has 0 atom stereocenters. The lowest BCUT2D eigenvalue weighted by Crippen LogP contribution is -2.07. The summed E-state index contributed by atoms with van der Waals surface area (Å²) in [5.41, 5.74) is 2.77. The van der Waals surface area contributed by atoms with Gasteiger partial charge in [-0.3, -0.25) is 0 Å². The molecule has 0 amide bonds. The van der Waals surface area contributed by atoms with Gasteiger partial charge in [-0.05, 0) is 56.2 Å². The molecule has 0 radical (unpaired) electrons. The molecule has 0 saturated carbocycles. The molecule has 138 valence electrons. The van der Waals surface area contributed by atoms with E-state index in [1.165, 1.54) is 11.8 Å². The standard InChI is InChI=1S/C20H24N2O3S/c1-7-16(20(23)24)17-18(21-13(5)22-19(17)26-6)25-15-9-12(4)8-14(10-15)11(2)3/h7-11H,1-6H3,(H,23,24). The van der Waals surface area contributed by atoms with Gasteiger partial charge in [0.2, 0.25) is 5.88 Å². The summed E-state index contributed by atoms with van der Waals surface area (Å²) in [5.74, 6) is 0.757. The first-order chi connectivity index (χ1) is 12.3. The number of allylic oxidation sites excluding steroid dienone is 1. The number of hydrogen-bond donors (Lipinski definition) is 1. The van der Waals surface area contributed by atoms with Gasteiger partial charge in [0.25, 0.3) is 0 Å². The molecule has 0 spiro atoms. The number of carbonyl (C=O) groups is 1. The maximum atomic E-state index is 11.7. The van der Waals surface area contributed by atoms with Crippen LogP contribution in [0.15, 0.2) is 29.3 Å². The number of hydrogen-bond acceptors (Lipinski definition) is 5. The van der Waals surface area contributed by atoms with E-state index in [0.29, 0.717) is 28.1 Å². The van der Waals surface area contributed by atoms with Crippen LogP contribution in [0.4, 0.5) is 0 Å². The SMILES string of the molecule is CC=C(C(=O)O)c1c(Oc2cc(C)cc(C(C)C)c2)nc(C)nc1SC. The molecule has 0 unspecified atom stereocenters. The number of aryl methyl sites for hydroxylation is 2. The minimum absolute atomic E-state index is 0.126. The van der Waals surface area contributed by atoms with Crippen molar-refractivity contribution in [2.24, 2.45) is 0 Å². The molecule has 0 aliphatic rings. The summed E-state index contributed by atoms with van der Waals surface area (Å²) in [5, 5.41) is 10.2. The van der Waals surface area contributed by atoms with E-state index >= 15 is 0 Å². The van der Waals surface area contributed by atoms with Crippen molar-refractivity contribution in [2.75, 3.05) is 6.26 Å². The van der Waals surface area contributed by atoms with Crippen LogP contribution in [-0.2, 0) is 4.79 Å². The average molecular weight is 372 g/mol. The summed E-state index contributed by atoms with van der Waals surface area (Å²) in [7, 11) is 0. The molecule has 1 N–H and O–H groups in total. The molecule has 6 heteroatoms. The van der Waals surface area contributed by atoms with Crippen LogP contribution in [0.25, 0.3) is 5.57 Å². The van der Waals surface area contributed by atoms with Gasteiger partial charge in [0.1, 0.15) is 16.6 Å². The molecule has 0 bridgehead atoms. The molecule has 0 aliphatic carbocycles. The normalized spacial score (nSPS) is 11.7. The van der Waals surface area contributed by atoms with Crippen molar-refractivity contribution in [2.45, 2.75) is 45.6 Å². The molecular formula is C20H24N2O3S. The zero-order valence-electron chi connectivity index (χ0n) is 16.0. The van der Waals surface area contributed by atoms with E-state index in [2.05, 4.69) is 29.9 Å². The Balaban J connectivity index is 2.63. The topological polar surface area (TPSA) is 72.3 Å². The third kappa shape index (κ3) is 4.43. The fourth-order valence-electron chi connectivity index (χ4n) is 2.63. The van der Waals surface area contributed by atoms with Gasteiger partial charge in [0.15, 0.2) is 0 Å². The second-order valence-electron chi connectivity index (χ2n) is 6.30. The van der Waals surface area contributed by atoms with E-state index < -0.39 is 5.97 Å². The molecular weight excluding hydrogens is 348 g/mol. The minimum atomic E-state index is -1.03.